The zero-order valence-corrected chi connectivity index (χ0v) is 11.4. The molecule has 1 saturated heterocycles. The number of thioether (sulfide) groups is 1. The van der Waals surface area contributed by atoms with Crippen LogP contribution < -0.4 is 5.32 Å². The average Bonchev–Trinajstić information content (AvgIpc) is 2.85. The maximum absolute atomic E-state index is 3.59. The normalized spacial score (nSPS) is 20.6. The van der Waals surface area contributed by atoms with E-state index in [4.69, 9.17) is 0 Å². The Kier molecular flexibility index (Phi) is 3.57. The molecule has 0 bridgehead atoms. The van der Waals surface area contributed by atoms with Crippen LogP contribution in [0.4, 0.5) is 5.69 Å². The molecule has 0 radical (unpaired) electrons. The van der Waals surface area contributed by atoms with Gasteiger partial charge in [-0.15, -0.1) is 11.3 Å². The molecular weight excluding hydrogens is 246 g/mol. The molecule has 1 atom stereocenters. The molecule has 1 aromatic carbocycles. The second-order valence-electron chi connectivity index (χ2n) is 4.64. The fourth-order valence-electron chi connectivity index (χ4n) is 2.31. The summed E-state index contributed by atoms with van der Waals surface area (Å²) in [5, 5.41) is 7.11. The molecule has 1 aromatic heterocycles. The molecular formula is C14H17NS2. The van der Waals surface area contributed by atoms with Gasteiger partial charge in [-0.25, -0.2) is 0 Å². The van der Waals surface area contributed by atoms with Gasteiger partial charge in [0.15, 0.2) is 0 Å². The molecule has 1 unspecified atom stereocenters. The van der Waals surface area contributed by atoms with E-state index in [0.29, 0.717) is 0 Å². The molecule has 2 heterocycles. The molecule has 1 aliphatic rings. The van der Waals surface area contributed by atoms with E-state index in [1.165, 1.54) is 40.1 Å². The summed E-state index contributed by atoms with van der Waals surface area (Å²) in [4.78, 5) is 0. The Labute approximate surface area is 111 Å². The van der Waals surface area contributed by atoms with Crippen molar-refractivity contribution in [2.24, 2.45) is 5.92 Å². The Bertz CT molecular complexity index is 486. The molecule has 90 valence electrons. The first-order valence-corrected chi connectivity index (χ1v) is 8.24. The van der Waals surface area contributed by atoms with Crippen LogP contribution in [0.15, 0.2) is 29.6 Å². The lowest BCUT2D eigenvalue weighted by atomic mass is 10.1. The van der Waals surface area contributed by atoms with Crippen LogP contribution >= 0.6 is 23.1 Å². The Morgan fingerprint density at radius 2 is 2.29 bits per heavy atom. The lowest BCUT2D eigenvalue weighted by molar-refractivity contribution is 0.549. The van der Waals surface area contributed by atoms with Gasteiger partial charge in [-0.1, -0.05) is 0 Å². The van der Waals surface area contributed by atoms with Crippen LogP contribution in [0.25, 0.3) is 10.1 Å². The highest BCUT2D eigenvalue weighted by atomic mass is 32.2. The third kappa shape index (κ3) is 2.78. The molecule has 17 heavy (non-hydrogen) atoms. The van der Waals surface area contributed by atoms with Crippen LogP contribution in [-0.2, 0) is 0 Å². The number of fused-ring (bicyclic) bond motifs is 1. The molecule has 2 aromatic rings. The fraction of sp³-hybridized carbons (Fsp3) is 0.429. The van der Waals surface area contributed by atoms with Crippen LogP contribution in [0.1, 0.15) is 12.8 Å². The molecule has 0 spiro atoms. The van der Waals surface area contributed by atoms with Crippen LogP contribution in [0, 0.1) is 5.92 Å². The quantitative estimate of drug-likeness (QED) is 0.877. The maximum atomic E-state index is 3.59. The van der Waals surface area contributed by atoms with Crippen molar-refractivity contribution in [2.45, 2.75) is 12.8 Å². The Hall–Kier alpha value is -0.670. The average molecular weight is 263 g/mol. The second kappa shape index (κ2) is 5.32. The molecule has 1 N–H and O–H groups in total. The summed E-state index contributed by atoms with van der Waals surface area (Å²) in [6, 6.07) is 8.89. The molecule has 1 aliphatic heterocycles. The van der Waals surface area contributed by atoms with Crippen molar-refractivity contribution in [3.8, 4) is 0 Å². The lowest BCUT2D eigenvalue weighted by Gasteiger charge is -2.22. The zero-order valence-electron chi connectivity index (χ0n) is 9.82. The highest BCUT2D eigenvalue weighted by Crippen LogP contribution is 2.26. The van der Waals surface area contributed by atoms with Crippen molar-refractivity contribution in [2.75, 3.05) is 23.4 Å². The van der Waals surface area contributed by atoms with Gasteiger partial charge in [0.05, 0.1) is 0 Å². The molecule has 0 amide bonds. The van der Waals surface area contributed by atoms with E-state index in [2.05, 4.69) is 46.7 Å². The number of hydrogen-bond acceptors (Lipinski definition) is 3. The summed E-state index contributed by atoms with van der Waals surface area (Å²) in [5.74, 6) is 3.54. The number of anilines is 1. The predicted molar refractivity (Wildman–Crippen MR) is 80.4 cm³/mol. The van der Waals surface area contributed by atoms with Gasteiger partial charge in [-0.05, 0) is 65.3 Å². The first kappa shape index (κ1) is 11.4. The van der Waals surface area contributed by atoms with Gasteiger partial charge in [0.2, 0.25) is 0 Å². The summed E-state index contributed by atoms with van der Waals surface area (Å²) in [7, 11) is 0. The number of thiophene rings is 1. The summed E-state index contributed by atoms with van der Waals surface area (Å²) >= 11 is 3.91. The lowest BCUT2D eigenvalue weighted by Crippen LogP contribution is -2.19. The predicted octanol–water partition coefficient (Wildman–Crippen LogP) is 4.46. The largest absolute Gasteiger partial charge is 0.385 e. The maximum Gasteiger partial charge on any atom is 0.0347 e. The third-order valence-corrected chi connectivity index (χ3v) is 5.48. The fourth-order valence-corrected chi connectivity index (χ4v) is 4.23. The van der Waals surface area contributed by atoms with Crippen molar-refractivity contribution in [1.29, 1.82) is 0 Å². The van der Waals surface area contributed by atoms with Gasteiger partial charge >= 0.3 is 0 Å². The minimum absolute atomic E-state index is 0.854. The Balaban J connectivity index is 1.63. The minimum Gasteiger partial charge on any atom is -0.385 e. The van der Waals surface area contributed by atoms with Crippen LogP contribution in [0.5, 0.6) is 0 Å². The standard InChI is InChI=1S/C14H17NS2/c1-2-11(10-16-6-1)9-15-13-3-4-14-12(8-13)5-7-17-14/h3-5,7-8,11,15H,1-2,6,9-10H2. The number of rotatable bonds is 3. The van der Waals surface area contributed by atoms with E-state index >= 15 is 0 Å². The summed E-state index contributed by atoms with van der Waals surface area (Å²) in [5.41, 5.74) is 1.27. The zero-order chi connectivity index (χ0) is 11.5. The van der Waals surface area contributed by atoms with E-state index in [0.717, 1.165) is 12.5 Å². The van der Waals surface area contributed by atoms with Gasteiger partial charge in [-0.2, -0.15) is 11.8 Å². The Morgan fingerprint density at radius 1 is 1.29 bits per heavy atom. The summed E-state index contributed by atoms with van der Waals surface area (Å²) in [6.07, 6.45) is 2.78. The smallest absolute Gasteiger partial charge is 0.0347 e. The molecule has 3 heteroatoms. The van der Waals surface area contributed by atoms with Gasteiger partial charge in [-0.3, -0.25) is 0 Å². The number of hydrogen-bond donors (Lipinski definition) is 1. The van der Waals surface area contributed by atoms with E-state index in [1.54, 1.807) is 0 Å². The number of nitrogens with one attached hydrogen (secondary N) is 1. The topological polar surface area (TPSA) is 12.0 Å². The third-order valence-electron chi connectivity index (χ3n) is 3.30. The molecule has 0 saturated carbocycles. The van der Waals surface area contributed by atoms with Gasteiger partial charge in [0, 0.05) is 16.9 Å². The number of benzene rings is 1. The summed E-state index contributed by atoms with van der Waals surface area (Å²) < 4.78 is 1.38. The SMILES string of the molecule is c1cc2cc(NCC3CCCSC3)ccc2s1. The van der Waals surface area contributed by atoms with Crippen molar-refractivity contribution < 1.29 is 0 Å². The molecule has 3 rings (SSSR count). The van der Waals surface area contributed by atoms with E-state index in [9.17, 15) is 0 Å². The summed E-state index contributed by atoms with van der Waals surface area (Å²) in [6.45, 7) is 1.13. The second-order valence-corrected chi connectivity index (χ2v) is 6.73. The van der Waals surface area contributed by atoms with Gasteiger partial charge < -0.3 is 5.32 Å². The van der Waals surface area contributed by atoms with Crippen LogP contribution in [-0.4, -0.2) is 18.1 Å². The minimum atomic E-state index is 0.854. The van der Waals surface area contributed by atoms with Crippen molar-refractivity contribution >= 4 is 38.9 Å². The first-order chi connectivity index (χ1) is 8.42. The van der Waals surface area contributed by atoms with Crippen molar-refractivity contribution in [3.05, 3.63) is 29.6 Å². The molecule has 0 aliphatic carbocycles. The van der Waals surface area contributed by atoms with Crippen LogP contribution in [0.2, 0.25) is 0 Å². The van der Waals surface area contributed by atoms with E-state index < -0.39 is 0 Å². The van der Waals surface area contributed by atoms with E-state index in [-0.39, 0.29) is 0 Å². The van der Waals surface area contributed by atoms with Crippen molar-refractivity contribution in [1.82, 2.24) is 0 Å². The monoisotopic (exact) mass is 263 g/mol. The highest BCUT2D eigenvalue weighted by Gasteiger charge is 2.13. The molecule has 1 fully saturated rings. The van der Waals surface area contributed by atoms with Crippen molar-refractivity contribution in [3.63, 3.8) is 0 Å². The van der Waals surface area contributed by atoms with Gasteiger partial charge in [0.1, 0.15) is 0 Å². The Morgan fingerprint density at radius 3 is 3.18 bits per heavy atom. The molecule has 1 nitrogen and oxygen atoms in total. The van der Waals surface area contributed by atoms with Crippen LogP contribution in [0.3, 0.4) is 0 Å². The first-order valence-electron chi connectivity index (χ1n) is 6.21. The van der Waals surface area contributed by atoms with E-state index in [1.807, 2.05) is 11.3 Å². The van der Waals surface area contributed by atoms with Gasteiger partial charge in [0.25, 0.3) is 0 Å². The highest BCUT2D eigenvalue weighted by molar-refractivity contribution is 7.99.